The molecule has 0 bridgehead atoms. The van der Waals surface area contributed by atoms with E-state index in [1.165, 1.54) is 0 Å². The molecule has 0 N–H and O–H groups in total. The number of hydrogen-bond acceptors (Lipinski definition) is 2. The minimum absolute atomic E-state index is 0.0893. The lowest BCUT2D eigenvalue weighted by atomic mass is 10.2. The van der Waals surface area contributed by atoms with Gasteiger partial charge in [0.25, 0.3) is 0 Å². The zero-order valence-electron chi connectivity index (χ0n) is 7.72. The van der Waals surface area contributed by atoms with Crippen LogP contribution in [0, 0.1) is 0 Å². The minimum atomic E-state index is -0.0893. The molecule has 2 nitrogen and oxygen atoms in total. The van der Waals surface area contributed by atoms with Crippen LogP contribution >= 0.6 is 0 Å². The molecule has 0 saturated carbocycles. The van der Waals surface area contributed by atoms with Gasteiger partial charge in [-0.25, -0.2) is 0 Å². The standard InChI is InChI=1S/C9H18O2/c1-4-6-7-8(3)11-9(10)5-2/h8H,4-7H2,1-3H3/t8-/m0/s1. The molecule has 0 aromatic heterocycles. The number of ether oxygens (including phenoxy) is 1. The fourth-order valence-corrected chi connectivity index (χ4v) is 0.858. The number of esters is 1. The van der Waals surface area contributed by atoms with Crippen molar-refractivity contribution in [3.63, 3.8) is 0 Å². The normalized spacial score (nSPS) is 12.6. The minimum Gasteiger partial charge on any atom is -0.463 e. The highest BCUT2D eigenvalue weighted by molar-refractivity contribution is 5.69. The largest absolute Gasteiger partial charge is 0.463 e. The van der Waals surface area contributed by atoms with Crippen LogP contribution in [-0.4, -0.2) is 12.1 Å². The van der Waals surface area contributed by atoms with Gasteiger partial charge >= 0.3 is 5.97 Å². The van der Waals surface area contributed by atoms with Crippen molar-refractivity contribution in [3.05, 3.63) is 0 Å². The van der Waals surface area contributed by atoms with Crippen molar-refractivity contribution < 1.29 is 9.53 Å². The summed E-state index contributed by atoms with van der Waals surface area (Å²) in [7, 11) is 0. The lowest BCUT2D eigenvalue weighted by Crippen LogP contribution is -2.13. The number of carbonyl (C=O) groups is 1. The van der Waals surface area contributed by atoms with Crippen molar-refractivity contribution in [1.82, 2.24) is 0 Å². The third-order valence-corrected chi connectivity index (χ3v) is 1.59. The first-order valence-electron chi connectivity index (χ1n) is 4.40. The Morgan fingerprint density at radius 1 is 1.45 bits per heavy atom. The molecule has 0 spiro atoms. The molecular formula is C9H18O2. The molecule has 0 aliphatic rings. The molecule has 11 heavy (non-hydrogen) atoms. The van der Waals surface area contributed by atoms with Gasteiger partial charge in [-0.05, 0) is 13.3 Å². The summed E-state index contributed by atoms with van der Waals surface area (Å²) in [5.41, 5.74) is 0. The zero-order chi connectivity index (χ0) is 8.69. The van der Waals surface area contributed by atoms with Gasteiger partial charge in [-0.3, -0.25) is 4.79 Å². The molecule has 0 fully saturated rings. The van der Waals surface area contributed by atoms with Crippen molar-refractivity contribution in [2.45, 2.75) is 52.6 Å². The zero-order valence-corrected chi connectivity index (χ0v) is 7.72. The van der Waals surface area contributed by atoms with Crippen molar-refractivity contribution in [2.75, 3.05) is 0 Å². The summed E-state index contributed by atoms with van der Waals surface area (Å²) in [6.07, 6.45) is 3.87. The van der Waals surface area contributed by atoms with Crippen molar-refractivity contribution >= 4 is 5.97 Å². The predicted octanol–water partition coefficient (Wildman–Crippen LogP) is 2.52. The van der Waals surface area contributed by atoms with E-state index < -0.39 is 0 Å². The van der Waals surface area contributed by atoms with E-state index in [1.807, 2.05) is 13.8 Å². The Labute approximate surface area is 68.9 Å². The molecule has 0 amide bonds. The van der Waals surface area contributed by atoms with E-state index in [0.717, 1.165) is 19.3 Å². The fraction of sp³-hybridized carbons (Fsp3) is 0.889. The first-order valence-corrected chi connectivity index (χ1v) is 4.40. The molecule has 0 radical (unpaired) electrons. The summed E-state index contributed by atoms with van der Waals surface area (Å²) >= 11 is 0. The number of carbonyl (C=O) groups excluding carboxylic acids is 1. The second-order valence-electron chi connectivity index (χ2n) is 2.80. The van der Waals surface area contributed by atoms with Gasteiger partial charge in [0.1, 0.15) is 0 Å². The van der Waals surface area contributed by atoms with Crippen LogP contribution in [0.4, 0.5) is 0 Å². The van der Waals surface area contributed by atoms with Gasteiger partial charge < -0.3 is 4.74 Å². The summed E-state index contributed by atoms with van der Waals surface area (Å²) in [5.74, 6) is -0.0893. The maximum absolute atomic E-state index is 10.8. The molecule has 0 unspecified atom stereocenters. The van der Waals surface area contributed by atoms with E-state index in [9.17, 15) is 4.79 Å². The Kier molecular flexibility index (Phi) is 5.90. The Bertz CT molecular complexity index is 110. The summed E-state index contributed by atoms with van der Waals surface area (Å²) in [5, 5.41) is 0. The van der Waals surface area contributed by atoms with E-state index in [4.69, 9.17) is 4.74 Å². The smallest absolute Gasteiger partial charge is 0.305 e. The molecular weight excluding hydrogens is 140 g/mol. The summed E-state index contributed by atoms with van der Waals surface area (Å²) in [6, 6.07) is 0. The van der Waals surface area contributed by atoms with Crippen LogP contribution in [0.2, 0.25) is 0 Å². The Hall–Kier alpha value is -0.530. The van der Waals surface area contributed by atoms with E-state index in [-0.39, 0.29) is 12.1 Å². The van der Waals surface area contributed by atoms with Crippen LogP contribution in [0.15, 0.2) is 0 Å². The van der Waals surface area contributed by atoms with Crippen LogP contribution < -0.4 is 0 Å². The molecule has 0 aliphatic carbocycles. The van der Waals surface area contributed by atoms with E-state index in [0.29, 0.717) is 6.42 Å². The molecule has 0 saturated heterocycles. The molecule has 0 aromatic rings. The van der Waals surface area contributed by atoms with Crippen LogP contribution in [0.1, 0.15) is 46.5 Å². The Morgan fingerprint density at radius 3 is 2.55 bits per heavy atom. The van der Waals surface area contributed by atoms with Gasteiger partial charge in [0.15, 0.2) is 0 Å². The van der Waals surface area contributed by atoms with Crippen LogP contribution in [-0.2, 0) is 9.53 Å². The van der Waals surface area contributed by atoms with Gasteiger partial charge in [0.05, 0.1) is 6.10 Å². The van der Waals surface area contributed by atoms with Crippen molar-refractivity contribution in [2.24, 2.45) is 0 Å². The topological polar surface area (TPSA) is 26.3 Å². The van der Waals surface area contributed by atoms with Crippen molar-refractivity contribution in [3.8, 4) is 0 Å². The average Bonchev–Trinajstić information content (AvgIpc) is 2.00. The van der Waals surface area contributed by atoms with Crippen LogP contribution in [0.3, 0.4) is 0 Å². The predicted molar refractivity (Wildman–Crippen MR) is 45.4 cm³/mol. The summed E-state index contributed by atoms with van der Waals surface area (Å²) in [6.45, 7) is 5.90. The third-order valence-electron chi connectivity index (χ3n) is 1.59. The second kappa shape index (κ2) is 6.20. The quantitative estimate of drug-likeness (QED) is 0.575. The molecule has 0 heterocycles. The summed E-state index contributed by atoms with van der Waals surface area (Å²) < 4.78 is 5.06. The number of unbranched alkanes of at least 4 members (excludes halogenated alkanes) is 1. The van der Waals surface area contributed by atoms with Gasteiger partial charge in [0, 0.05) is 6.42 Å². The van der Waals surface area contributed by atoms with Gasteiger partial charge in [-0.2, -0.15) is 0 Å². The number of rotatable bonds is 5. The molecule has 0 aromatic carbocycles. The molecule has 66 valence electrons. The van der Waals surface area contributed by atoms with E-state index in [1.54, 1.807) is 0 Å². The fourth-order valence-electron chi connectivity index (χ4n) is 0.858. The first kappa shape index (κ1) is 10.5. The van der Waals surface area contributed by atoms with Crippen molar-refractivity contribution in [1.29, 1.82) is 0 Å². The third kappa shape index (κ3) is 5.89. The molecule has 1 atom stereocenters. The highest BCUT2D eigenvalue weighted by Crippen LogP contribution is 2.04. The Morgan fingerprint density at radius 2 is 2.09 bits per heavy atom. The van der Waals surface area contributed by atoms with E-state index >= 15 is 0 Å². The summed E-state index contributed by atoms with van der Waals surface area (Å²) in [4.78, 5) is 10.8. The monoisotopic (exact) mass is 158 g/mol. The van der Waals surface area contributed by atoms with Gasteiger partial charge in [-0.1, -0.05) is 26.7 Å². The van der Waals surface area contributed by atoms with E-state index in [2.05, 4.69) is 6.92 Å². The second-order valence-corrected chi connectivity index (χ2v) is 2.80. The lowest BCUT2D eigenvalue weighted by Gasteiger charge is -2.11. The van der Waals surface area contributed by atoms with Gasteiger partial charge in [0.2, 0.25) is 0 Å². The number of hydrogen-bond donors (Lipinski definition) is 0. The van der Waals surface area contributed by atoms with Crippen LogP contribution in [0.5, 0.6) is 0 Å². The maximum Gasteiger partial charge on any atom is 0.305 e. The van der Waals surface area contributed by atoms with Gasteiger partial charge in [-0.15, -0.1) is 0 Å². The first-order chi connectivity index (χ1) is 5.20. The Balaban J connectivity index is 3.35. The molecule has 0 rings (SSSR count). The molecule has 0 aliphatic heterocycles. The lowest BCUT2D eigenvalue weighted by molar-refractivity contribution is -0.148. The average molecular weight is 158 g/mol. The maximum atomic E-state index is 10.8. The molecule has 2 heteroatoms. The van der Waals surface area contributed by atoms with Crippen LogP contribution in [0.25, 0.3) is 0 Å². The highest BCUT2D eigenvalue weighted by Gasteiger charge is 2.05. The SMILES string of the molecule is CCCC[C@H](C)OC(=O)CC. The highest BCUT2D eigenvalue weighted by atomic mass is 16.5.